The Morgan fingerprint density at radius 3 is 1.87 bits per heavy atom. The van der Waals surface area contributed by atoms with Crippen LogP contribution in [0.25, 0.3) is 6.08 Å². The highest BCUT2D eigenvalue weighted by Gasteiger charge is 2.40. The van der Waals surface area contributed by atoms with E-state index in [9.17, 15) is 24.0 Å². The van der Waals surface area contributed by atoms with Crippen molar-refractivity contribution in [1.29, 1.82) is 0 Å². The maximum Gasteiger partial charge on any atom is 0.339 e. The molecule has 0 N–H and O–H groups in total. The fraction of sp³-hybridized carbons (Fsp3) is 0.229. The lowest BCUT2D eigenvalue weighted by molar-refractivity contribution is 0.0204. The number of carbonyl (C=O) groups is 3. The molecule has 45 heavy (non-hydrogen) atoms. The van der Waals surface area contributed by atoms with E-state index in [1.165, 1.54) is 28.6 Å². The fourth-order valence-corrected chi connectivity index (χ4v) is 6.39. The second-order valence-electron chi connectivity index (χ2n) is 10.9. The van der Waals surface area contributed by atoms with Gasteiger partial charge in [-0.3, -0.25) is 14.2 Å². The molecule has 0 aliphatic carbocycles. The molecule has 1 aromatic heterocycles. The molecule has 0 unspecified atom stereocenters. The molecule has 0 saturated carbocycles. The standard InChI is InChI=1S/C35H32N2O7S/c1-5-24-19-36(35(42)37(31(24)38)32(39)25-12-6-21(2)7-13-25)30-18-28(44-34(41)27-16-10-23(4)11-17-27)29(45-30)20-43-33(40)26-14-8-22(3)9-15-26/h5-17,19,28-30H,1,18,20H2,2-4H3/t28-,29+,30+/m0/s1. The molecule has 3 atom stereocenters. The van der Waals surface area contributed by atoms with Crippen LogP contribution >= 0.6 is 11.8 Å². The Morgan fingerprint density at radius 2 is 1.33 bits per heavy atom. The van der Waals surface area contributed by atoms with Gasteiger partial charge in [0.05, 0.1) is 27.3 Å². The number of nitrogens with zero attached hydrogens (tertiary/aromatic N) is 2. The smallest absolute Gasteiger partial charge is 0.339 e. The first-order valence-electron chi connectivity index (χ1n) is 14.3. The number of thioether (sulfide) groups is 1. The molecular weight excluding hydrogens is 592 g/mol. The van der Waals surface area contributed by atoms with E-state index in [0.29, 0.717) is 15.7 Å². The molecule has 3 aromatic carbocycles. The zero-order valence-corrected chi connectivity index (χ0v) is 25.9. The molecule has 0 radical (unpaired) electrons. The second-order valence-corrected chi connectivity index (χ2v) is 12.4. The Labute approximate surface area is 264 Å². The Bertz CT molecular complexity index is 1870. The van der Waals surface area contributed by atoms with Crippen LogP contribution in [0.4, 0.5) is 0 Å². The van der Waals surface area contributed by atoms with Gasteiger partial charge < -0.3 is 9.47 Å². The SMILES string of the molecule is C=Cc1cn([C@H]2C[C@H](OC(=O)c3ccc(C)cc3)[C@@H](COC(=O)c3ccc(C)cc3)S2)c(=O)n(C(=O)c2ccc(C)cc2)c1=O. The van der Waals surface area contributed by atoms with Gasteiger partial charge in [0.2, 0.25) is 0 Å². The highest BCUT2D eigenvalue weighted by atomic mass is 32.2. The summed E-state index contributed by atoms with van der Waals surface area (Å²) in [6, 6.07) is 20.4. The summed E-state index contributed by atoms with van der Waals surface area (Å²) in [5, 5.41) is -1.21. The van der Waals surface area contributed by atoms with E-state index in [2.05, 4.69) is 6.58 Å². The molecule has 2 heterocycles. The van der Waals surface area contributed by atoms with Gasteiger partial charge in [0.1, 0.15) is 12.7 Å². The number of carbonyl (C=O) groups excluding carboxylic acids is 3. The first-order chi connectivity index (χ1) is 21.5. The van der Waals surface area contributed by atoms with Gasteiger partial charge in [-0.1, -0.05) is 65.7 Å². The van der Waals surface area contributed by atoms with E-state index in [4.69, 9.17) is 9.47 Å². The zero-order valence-electron chi connectivity index (χ0n) is 25.1. The van der Waals surface area contributed by atoms with Gasteiger partial charge in [-0.25, -0.2) is 14.4 Å². The summed E-state index contributed by atoms with van der Waals surface area (Å²) >= 11 is 1.26. The lowest BCUT2D eigenvalue weighted by atomic mass is 10.1. The van der Waals surface area contributed by atoms with E-state index in [1.54, 1.807) is 72.8 Å². The molecule has 4 aromatic rings. The zero-order chi connectivity index (χ0) is 32.2. The van der Waals surface area contributed by atoms with Crippen LogP contribution in [0.1, 0.15) is 65.1 Å². The van der Waals surface area contributed by atoms with Crippen molar-refractivity contribution in [2.75, 3.05) is 6.61 Å². The average molecular weight is 625 g/mol. The molecule has 0 spiro atoms. The minimum absolute atomic E-state index is 0.0538. The molecule has 5 rings (SSSR count). The molecule has 1 fully saturated rings. The maximum atomic E-state index is 13.8. The van der Waals surface area contributed by atoms with Crippen molar-refractivity contribution in [3.05, 3.63) is 145 Å². The van der Waals surface area contributed by atoms with Gasteiger partial charge in [0.15, 0.2) is 0 Å². The third-order valence-electron chi connectivity index (χ3n) is 7.56. The number of ether oxygens (including phenoxy) is 2. The number of aromatic nitrogens is 2. The van der Waals surface area contributed by atoms with Crippen LogP contribution in [0.2, 0.25) is 0 Å². The monoisotopic (exact) mass is 624 g/mol. The fourth-order valence-electron chi connectivity index (χ4n) is 4.91. The first kappa shape index (κ1) is 31.5. The Balaban J connectivity index is 1.46. The van der Waals surface area contributed by atoms with Crippen LogP contribution in [0.3, 0.4) is 0 Å². The normalized spacial score (nSPS) is 17.4. The molecule has 1 saturated heterocycles. The van der Waals surface area contributed by atoms with E-state index in [-0.39, 0.29) is 24.2 Å². The van der Waals surface area contributed by atoms with E-state index >= 15 is 0 Å². The topological polar surface area (TPSA) is 114 Å². The average Bonchev–Trinajstić information content (AvgIpc) is 3.42. The quantitative estimate of drug-likeness (QED) is 0.241. The summed E-state index contributed by atoms with van der Waals surface area (Å²) in [7, 11) is 0. The van der Waals surface area contributed by atoms with Gasteiger partial charge in [0, 0.05) is 18.2 Å². The van der Waals surface area contributed by atoms with E-state index in [1.807, 2.05) is 20.8 Å². The summed E-state index contributed by atoms with van der Waals surface area (Å²) in [5.41, 5.74) is 2.23. The van der Waals surface area contributed by atoms with Crippen molar-refractivity contribution in [2.24, 2.45) is 0 Å². The summed E-state index contributed by atoms with van der Waals surface area (Å²) < 4.78 is 13.4. The molecule has 0 amide bonds. The van der Waals surface area contributed by atoms with Crippen LogP contribution in [0, 0.1) is 20.8 Å². The van der Waals surface area contributed by atoms with Crippen molar-refractivity contribution in [3.8, 4) is 0 Å². The third-order valence-corrected chi connectivity index (χ3v) is 9.09. The van der Waals surface area contributed by atoms with Crippen LogP contribution in [-0.2, 0) is 9.47 Å². The van der Waals surface area contributed by atoms with Crippen molar-refractivity contribution in [3.63, 3.8) is 0 Å². The largest absolute Gasteiger partial charge is 0.461 e. The first-order valence-corrected chi connectivity index (χ1v) is 15.3. The lowest BCUT2D eigenvalue weighted by Gasteiger charge is -2.19. The lowest BCUT2D eigenvalue weighted by Crippen LogP contribution is -2.45. The van der Waals surface area contributed by atoms with Gasteiger partial charge in [-0.05, 0) is 57.2 Å². The number of hydrogen-bond donors (Lipinski definition) is 0. The molecule has 230 valence electrons. The van der Waals surface area contributed by atoms with E-state index in [0.717, 1.165) is 16.7 Å². The molecule has 0 bridgehead atoms. The van der Waals surface area contributed by atoms with Crippen LogP contribution in [-0.4, -0.2) is 44.9 Å². The summed E-state index contributed by atoms with van der Waals surface area (Å²) in [6.45, 7) is 9.26. The summed E-state index contributed by atoms with van der Waals surface area (Å²) in [4.78, 5) is 66.3. The minimum atomic E-state index is -0.838. The number of hydrogen-bond acceptors (Lipinski definition) is 8. The summed E-state index contributed by atoms with van der Waals surface area (Å²) in [6.07, 6.45) is 2.04. The number of aryl methyl sites for hydroxylation is 3. The predicted molar refractivity (Wildman–Crippen MR) is 173 cm³/mol. The molecule has 10 heteroatoms. The number of esters is 2. The Morgan fingerprint density at radius 1 is 0.822 bits per heavy atom. The predicted octanol–water partition coefficient (Wildman–Crippen LogP) is 5.35. The highest BCUT2D eigenvalue weighted by Crippen LogP contribution is 2.43. The molecule has 1 aliphatic heterocycles. The second kappa shape index (κ2) is 13.4. The molecule has 1 aliphatic rings. The van der Waals surface area contributed by atoms with Gasteiger partial charge in [0.25, 0.3) is 11.5 Å². The van der Waals surface area contributed by atoms with Crippen LogP contribution in [0.5, 0.6) is 0 Å². The Kier molecular flexibility index (Phi) is 9.34. The maximum absolute atomic E-state index is 13.8. The van der Waals surface area contributed by atoms with Crippen LogP contribution in [0.15, 0.2) is 95.2 Å². The Hall–Kier alpha value is -4.96. The molecular formula is C35H32N2O7S. The minimum Gasteiger partial charge on any atom is -0.461 e. The number of rotatable bonds is 8. The summed E-state index contributed by atoms with van der Waals surface area (Å²) in [5.74, 6) is -1.86. The van der Waals surface area contributed by atoms with Crippen LogP contribution < -0.4 is 11.2 Å². The van der Waals surface area contributed by atoms with Crippen molar-refractivity contribution < 1.29 is 23.9 Å². The third kappa shape index (κ3) is 6.91. The highest BCUT2D eigenvalue weighted by molar-refractivity contribution is 8.00. The van der Waals surface area contributed by atoms with Crippen molar-refractivity contribution >= 4 is 35.7 Å². The van der Waals surface area contributed by atoms with Gasteiger partial charge in [-0.15, -0.1) is 11.8 Å². The van der Waals surface area contributed by atoms with Crippen molar-refractivity contribution in [1.82, 2.24) is 9.13 Å². The van der Waals surface area contributed by atoms with Gasteiger partial charge in [-0.2, -0.15) is 4.57 Å². The van der Waals surface area contributed by atoms with Crippen molar-refractivity contribution in [2.45, 2.75) is 43.9 Å². The molecule has 9 nitrogen and oxygen atoms in total. The number of benzene rings is 3. The van der Waals surface area contributed by atoms with E-state index < -0.39 is 45.8 Å². The van der Waals surface area contributed by atoms with Gasteiger partial charge >= 0.3 is 17.6 Å².